The molecule has 0 bridgehead atoms. The van der Waals surface area contributed by atoms with Crippen molar-refractivity contribution in [1.29, 1.82) is 0 Å². The van der Waals surface area contributed by atoms with Crippen molar-refractivity contribution in [2.45, 2.75) is 33.7 Å². The van der Waals surface area contributed by atoms with Gasteiger partial charge < -0.3 is 10.6 Å². The number of rotatable bonds is 4. The first-order chi connectivity index (χ1) is 9.95. The van der Waals surface area contributed by atoms with Gasteiger partial charge in [-0.2, -0.15) is 0 Å². The summed E-state index contributed by atoms with van der Waals surface area (Å²) in [5, 5.41) is 14.0. The predicted molar refractivity (Wildman–Crippen MR) is 84.7 cm³/mol. The van der Waals surface area contributed by atoms with Crippen molar-refractivity contribution in [3.63, 3.8) is 0 Å². The largest absolute Gasteiger partial charge is 0.366 e. The molecule has 1 aromatic heterocycles. The number of anilines is 2. The number of aryl methyl sites for hydroxylation is 2. The van der Waals surface area contributed by atoms with Gasteiger partial charge >= 0.3 is 0 Å². The quantitative estimate of drug-likeness (QED) is 0.905. The van der Waals surface area contributed by atoms with Gasteiger partial charge in [0.05, 0.1) is 0 Å². The van der Waals surface area contributed by atoms with E-state index in [-0.39, 0.29) is 11.9 Å². The number of hydrogen-bond donors (Lipinski definition) is 2. The highest BCUT2D eigenvalue weighted by Crippen LogP contribution is 2.17. The van der Waals surface area contributed by atoms with Crippen molar-refractivity contribution in [2.75, 3.05) is 10.6 Å². The summed E-state index contributed by atoms with van der Waals surface area (Å²) in [7, 11) is 0. The zero-order valence-electron chi connectivity index (χ0n) is 12.8. The predicted octanol–water partition coefficient (Wildman–Crippen LogP) is 3.17. The number of carbonyl (C=O) groups is 1. The van der Waals surface area contributed by atoms with Crippen molar-refractivity contribution in [3.8, 4) is 0 Å². The molecule has 5 nitrogen and oxygen atoms in total. The second-order valence-electron chi connectivity index (χ2n) is 5.38. The first-order valence-electron chi connectivity index (χ1n) is 6.94. The van der Waals surface area contributed by atoms with Gasteiger partial charge in [-0.05, 0) is 57.0 Å². The van der Waals surface area contributed by atoms with E-state index in [9.17, 15) is 4.79 Å². The molecule has 0 atom stereocenters. The summed E-state index contributed by atoms with van der Waals surface area (Å²) in [5.41, 5.74) is 3.20. The van der Waals surface area contributed by atoms with Gasteiger partial charge in [-0.25, -0.2) is 0 Å². The highest BCUT2D eigenvalue weighted by Gasteiger charge is 2.10. The molecule has 0 aliphatic heterocycles. The Morgan fingerprint density at radius 2 is 1.86 bits per heavy atom. The molecule has 2 rings (SSSR count). The Bertz CT molecular complexity index is 635. The third-order valence-electron chi connectivity index (χ3n) is 2.98. The van der Waals surface area contributed by atoms with Crippen LogP contribution in [0.5, 0.6) is 0 Å². The summed E-state index contributed by atoms with van der Waals surface area (Å²) in [4.78, 5) is 12.2. The molecule has 0 aliphatic rings. The summed E-state index contributed by atoms with van der Waals surface area (Å²) in [5.74, 6) is 0.403. The molecule has 1 aromatic carbocycles. The fraction of sp³-hybridized carbons (Fsp3) is 0.312. The van der Waals surface area contributed by atoms with Crippen LogP contribution in [-0.2, 0) is 0 Å². The van der Waals surface area contributed by atoms with E-state index in [1.807, 2.05) is 45.9 Å². The number of aromatic nitrogens is 2. The van der Waals surface area contributed by atoms with Crippen LogP contribution in [0.2, 0.25) is 0 Å². The minimum absolute atomic E-state index is 0.257. The van der Waals surface area contributed by atoms with E-state index in [1.54, 1.807) is 12.1 Å². The zero-order valence-corrected chi connectivity index (χ0v) is 12.8. The summed E-state index contributed by atoms with van der Waals surface area (Å²) in [6.45, 7) is 7.98. The fourth-order valence-corrected chi connectivity index (χ4v) is 1.88. The van der Waals surface area contributed by atoms with E-state index in [2.05, 4.69) is 20.8 Å². The molecule has 0 aliphatic carbocycles. The molecule has 110 valence electrons. The van der Waals surface area contributed by atoms with Crippen molar-refractivity contribution in [3.05, 3.63) is 47.2 Å². The SMILES string of the molecule is Cc1ccc(C)c(NC(=O)c2ccc(NC(C)C)nn2)c1. The minimum atomic E-state index is -0.257. The lowest BCUT2D eigenvalue weighted by Crippen LogP contribution is -2.17. The summed E-state index contributed by atoms with van der Waals surface area (Å²) in [6, 6.07) is 9.62. The lowest BCUT2D eigenvalue weighted by molar-refractivity contribution is 0.102. The van der Waals surface area contributed by atoms with Crippen molar-refractivity contribution in [2.24, 2.45) is 0 Å². The van der Waals surface area contributed by atoms with Gasteiger partial charge in [0.2, 0.25) is 0 Å². The second kappa shape index (κ2) is 6.35. The Morgan fingerprint density at radius 3 is 2.48 bits per heavy atom. The highest BCUT2D eigenvalue weighted by molar-refractivity contribution is 6.03. The van der Waals surface area contributed by atoms with Gasteiger partial charge in [-0.15, -0.1) is 10.2 Å². The average molecular weight is 284 g/mol. The van der Waals surface area contributed by atoms with Crippen molar-refractivity contribution >= 4 is 17.4 Å². The maximum absolute atomic E-state index is 12.2. The van der Waals surface area contributed by atoms with Crippen LogP contribution in [-0.4, -0.2) is 22.1 Å². The summed E-state index contributed by atoms with van der Waals surface area (Å²) >= 11 is 0. The maximum atomic E-state index is 12.2. The van der Waals surface area contributed by atoms with E-state index in [1.165, 1.54) is 0 Å². The van der Waals surface area contributed by atoms with Crippen LogP contribution in [0.15, 0.2) is 30.3 Å². The standard InChI is InChI=1S/C16H20N4O/c1-10(2)17-15-8-7-13(19-20-15)16(21)18-14-9-11(3)5-6-12(14)4/h5-10H,1-4H3,(H,17,20)(H,18,21). The highest BCUT2D eigenvalue weighted by atomic mass is 16.1. The van der Waals surface area contributed by atoms with Crippen LogP contribution in [0.25, 0.3) is 0 Å². The lowest BCUT2D eigenvalue weighted by Gasteiger charge is -2.10. The van der Waals surface area contributed by atoms with Gasteiger partial charge in [0.25, 0.3) is 5.91 Å². The average Bonchev–Trinajstić information content (AvgIpc) is 2.43. The van der Waals surface area contributed by atoms with Crippen molar-refractivity contribution < 1.29 is 4.79 Å². The van der Waals surface area contributed by atoms with Gasteiger partial charge in [-0.1, -0.05) is 12.1 Å². The van der Waals surface area contributed by atoms with Gasteiger partial charge in [0, 0.05) is 11.7 Å². The van der Waals surface area contributed by atoms with E-state index in [4.69, 9.17) is 0 Å². The van der Waals surface area contributed by atoms with Crippen molar-refractivity contribution in [1.82, 2.24) is 10.2 Å². The smallest absolute Gasteiger partial charge is 0.276 e. The third kappa shape index (κ3) is 4.02. The molecule has 0 radical (unpaired) electrons. The normalized spacial score (nSPS) is 10.5. The molecule has 2 N–H and O–H groups in total. The molecular formula is C16H20N4O. The summed E-state index contributed by atoms with van der Waals surface area (Å²) in [6.07, 6.45) is 0. The van der Waals surface area contributed by atoms with Crippen LogP contribution in [0, 0.1) is 13.8 Å². The topological polar surface area (TPSA) is 66.9 Å². The molecule has 0 saturated heterocycles. The number of carbonyl (C=O) groups excluding carboxylic acids is 1. The van der Waals surface area contributed by atoms with E-state index in [0.717, 1.165) is 16.8 Å². The van der Waals surface area contributed by atoms with Crippen LogP contribution in [0.3, 0.4) is 0 Å². The Morgan fingerprint density at radius 1 is 1.10 bits per heavy atom. The summed E-state index contributed by atoms with van der Waals surface area (Å²) < 4.78 is 0. The second-order valence-corrected chi connectivity index (χ2v) is 5.38. The van der Waals surface area contributed by atoms with Crippen LogP contribution in [0.4, 0.5) is 11.5 Å². The molecule has 5 heteroatoms. The number of hydrogen-bond acceptors (Lipinski definition) is 4. The molecule has 0 saturated carbocycles. The van der Waals surface area contributed by atoms with Crippen LogP contribution >= 0.6 is 0 Å². The number of nitrogens with zero attached hydrogens (tertiary/aromatic N) is 2. The minimum Gasteiger partial charge on any atom is -0.366 e. The first kappa shape index (κ1) is 15.0. The van der Waals surface area contributed by atoms with Gasteiger partial charge in [-0.3, -0.25) is 4.79 Å². The molecule has 0 fully saturated rings. The third-order valence-corrected chi connectivity index (χ3v) is 2.98. The number of nitrogens with one attached hydrogen (secondary N) is 2. The lowest BCUT2D eigenvalue weighted by atomic mass is 10.1. The maximum Gasteiger partial charge on any atom is 0.276 e. The van der Waals surface area contributed by atoms with Gasteiger partial charge in [0.15, 0.2) is 5.69 Å². The Labute approximate surface area is 124 Å². The fourth-order valence-electron chi connectivity index (χ4n) is 1.88. The Kier molecular flexibility index (Phi) is 4.52. The number of amides is 1. The zero-order chi connectivity index (χ0) is 15.4. The van der Waals surface area contributed by atoms with Crippen LogP contribution < -0.4 is 10.6 Å². The Balaban J connectivity index is 2.11. The molecule has 21 heavy (non-hydrogen) atoms. The molecule has 0 unspecified atom stereocenters. The first-order valence-corrected chi connectivity index (χ1v) is 6.94. The molecule has 2 aromatic rings. The Hall–Kier alpha value is -2.43. The molecular weight excluding hydrogens is 264 g/mol. The van der Waals surface area contributed by atoms with Gasteiger partial charge in [0.1, 0.15) is 5.82 Å². The molecule has 0 spiro atoms. The van der Waals surface area contributed by atoms with E-state index < -0.39 is 0 Å². The monoisotopic (exact) mass is 284 g/mol. The molecule has 1 heterocycles. The van der Waals surface area contributed by atoms with Crippen LogP contribution in [0.1, 0.15) is 35.5 Å². The van der Waals surface area contributed by atoms with E-state index >= 15 is 0 Å². The van der Waals surface area contributed by atoms with E-state index in [0.29, 0.717) is 11.5 Å². The number of benzene rings is 1. The molecule has 1 amide bonds.